The molecule has 0 saturated carbocycles. The molecule has 3 aromatic rings. The van der Waals surface area contributed by atoms with E-state index in [1.165, 1.54) is 29.3 Å². The number of hydrogen-bond acceptors (Lipinski definition) is 9. The molecule has 0 radical (unpaired) electrons. The van der Waals surface area contributed by atoms with Crippen molar-refractivity contribution >= 4 is 17.6 Å². The van der Waals surface area contributed by atoms with Gasteiger partial charge in [0.05, 0.1) is 23.6 Å². The zero-order valence-corrected chi connectivity index (χ0v) is 13.7. The highest BCUT2D eigenvalue weighted by molar-refractivity contribution is 5.91. The first-order valence-corrected chi connectivity index (χ1v) is 7.63. The lowest BCUT2D eigenvalue weighted by atomic mass is 10.4. The minimum Gasteiger partial charge on any atom is -0.459 e. The lowest BCUT2D eigenvalue weighted by Crippen LogP contribution is -2.34. The lowest BCUT2D eigenvalue weighted by molar-refractivity contribution is -0.389. The molecule has 2 amide bonds. The first kappa shape index (κ1) is 17.8. The molecule has 3 heterocycles. The standard InChI is InChI=1S/C14H13N7O6/c22-12(9-2-1-7-26-9)15-4-5-16-13(23)14-17-10(19-27-14)8-20-6-3-11(18-20)21(24)25/h1-3,6-7H,4-5,8H2,(H,15,22)(H,16,23). The van der Waals surface area contributed by atoms with Gasteiger partial charge in [-0.3, -0.25) is 9.59 Å². The molecule has 0 aliphatic rings. The van der Waals surface area contributed by atoms with Crippen LogP contribution in [0.25, 0.3) is 0 Å². The molecule has 0 bridgehead atoms. The van der Waals surface area contributed by atoms with Crippen LogP contribution in [0.5, 0.6) is 0 Å². The van der Waals surface area contributed by atoms with E-state index in [1.807, 2.05) is 0 Å². The summed E-state index contributed by atoms with van der Waals surface area (Å²) in [7, 11) is 0. The van der Waals surface area contributed by atoms with Crippen molar-refractivity contribution in [2.45, 2.75) is 6.54 Å². The van der Waals surface area contributed by atoms with Crippen LogP contribution in [0.15, 0.2) is 39.6 Å². The number of rotatable bonds is 8. The summed E-state index contributed by atoms with van der Waals surface area (Å²) >= 11 is 0. The van der Waals surface area contributed by atoms with Gasteiger partial charge in [-0.1, -0.05) is 5.16 Å². The third kappa shape index (κ3) is 4.53. The number of nitro groups is 1. The monoisotopic (exact) mass is 375 g/mol. The van der Waals surface area contributed by atoms with Crippen LogP contribution >= 0.6 is 0 Å². The molecule has 0 atom stereocenters. The minimum absolute atomic E-state index is 0.00379. The number of carbonyl (C=O) groups excluding carboxylic acids is 2. The molecule has 0 fully saturated rings. The summed E-state index contributed by atoms with van der Waals surface area (Å²) in [5.41, 5.74) is 0. The van der Waals surface area contributed by atoms with Gasteiger partial charge in [0.25, 0.3) is 5.91 Å². The Balaban J connectivity index is 1.45. The van der Waals surface area contributed by atoms with E-state index < -0.39 is 16.7 Å². The van der Waals surface area contributed by atoms with Crippen molar-refractivity contribution in [3.8, 4) is 0 Å². The zero-order valence-electron chi connectivity index (χ0n) is 13.7. The second-order valence-electron chi connectivity index (χ2n) is 5.13. The topological polar surface area (TPSA) is 171 Å². The van der Waals surface area contributed by atoms with Crippen LogP contribution < -0.4 is 10.6 Å². The molecule has 13 heteroatoms. The fraction of sp³-hybridized carbons (Fsp3) is 0.214. The summed E-state index contributed by atoms with van der Waals surface area (Å²) in [6, 6.07) is 4.33. The molecule has 0 unspecified atom stereocenters. The molecule has 3 rings (SSSR count). The fourth-order valence-electron chi connectivity index (χ4n) is 2.01. The molecule has 3 aromatic heterocycles. The summed E-state index contributed by atoms with van der Waals surface area (Å²) < 4.78 is 11.0. The highest BCUT2D eigenvalue weighted by Gasteiger charge is 2.17. The Bertz CT molecular complexity index is 945. The number of amides is 2. The van der Waals surface area contributed by atoms with Gasteiger partial charge in [0.1, 0.15) is 6.54 Å². The van der Waals surface area contributed by atoms with Crippen molar-refractivity contribution in [3.63, 3.8) is 0 Å². The molecule has 27 heavy (non-hydrogen) atoms. The van der Waals surface area contributed by atoms with Gasteiger partial charge < -0.3 is 29.7 Å². The Kier molecular flexibility index (Phi) is 5.20. The highest BCUT2D eigenvalue weighted by Crippen LogP contribution is 2.07. The van der Waals surface area contributed by atoms with Crippen molar-refractivity contribution in [3.05, 3.63) is 58.2 Å². The lowest BCUT2D eigenvalue weighted by Gasteiger charge is -2.03. The van der Waals surface area contributed by atoms with Crippen molar-refractivity contribution in [2.24, 2.45) is 0 Å². The van der Waals surface area contributed by atoms with Crippen LogP contribution in [0.1, 0.15) is 27.1 Å². The van der Waals surface area contributed by atoms with E-state index in [1.54, 1.807) is 6.07 Å². The number of nitrogens with zero attached hydrogens (tertiary/aromatic N) is 5. The Morgan fingerprint density at radius 2 is 2.00 bits per heavy atom. The van der Waals surface area contributed by atoms with E-state index in [0.717, 1.165) is 0 Å². The summed E-state index contributed by atoms with van der Waals surface area (Å²) in [4.78, 5) is 37.4. The molecular formula is C14H13N7O6. The SMILES string of the molecule is O=C(NCCNC(=O)c1nc(Cn2ccc([N+](=O)[O-])n2)no1)c1ccco1. The number of hydrogen-bond donors (Lipinski definition) is 2. The van der Waals surface area contributed by atoms with Gasteiger partial charge in [-0.05, 0) is 17.1 Å². The maximum Gasteiger partial charge on any atom is 0.389 e. The number of aromatic nitrogens is 4. The van der Waals surface area contributed by atoms with Crippen molar-refractivity contribution in [1.29, 1.82) is 0 Å². The fourth-order valence-corrected chi connectivity index (χ4v) is 2.01. The van der Waals surface area contributed by atoms with Gasteiger partial charge in [0, 0.05) is 13.1 Å². The van der Waals surface area contributed by atoms with E-state index in [4.69, 9.17) is 8.94 Å². The zero-order chi connectivity index (χ0) is 19.2. The van der Waals surface area contributed by atoms with Crippen LogP contribution in [-0.2, 0) is 6.54 Å². The van der Waals surface area contributed by atoms with Crippen molar-refractivity contribution in [2.75, 3.05) is 13.1 Å². The normalized spacial score (nSPS) is 10.5. The largest absolute Gasteiger partial charge is 0.459 e. The van der Waals surface area contributed by atoms with Crippen LogP contribution in [0, 0.1) is 10.1 Å². The van der Waals surface area contributed by atoms with Gasteiger partial charge in [0.15, 0.2) is 11.6 Å². The van der Waals surface area contributed by atoms with Gasteiger partial charge >= 0.3 is 17.6 Å². The predicted octanol–water partition coefficient (Wildman–Crippen LogP) is -0.0246. The second-order valence-corrected chi connectivity index (χ2v) is 5.13. The molecule has 2 N–H and O–H groups in total. The third-order valence-electron chi connectivity index (χ3n) is 3.22. The molecule has 0 aliphatic heterocycles. The summed E-state index contributed by atoms with van der Waals surface area (Å²) in [6.07, 6.45) is 2.77. The number of carbonyl (C=O) groups is 2. The van der Waals surface area contributed by atoms with Crippen LogP contribution in [-0.4, -0.2) is 49.7 Å². The summed E-state index contributed by atoms with van der Waals surface area (Å²) in [6.45, 7) is 0.307. The van der Waals surface area contributed by atoms with E-state index in [-0.39, 0.29) is 42.9 Å². The Morgan fingerprint density at radius 1 is 1.22 bits per heavy atom. The summed E-state index contributed by atoms with van der Waals surface area (Å²) in [5, 5.41) is 23.0. The third-order valence-corrected chi connectivity index (χ3v) is 3.22. The molecule has 0 aromatic carbocycles. The second kappa shape index (κ2) is 7.90. The van der Waals surface area contributed by atoms with Gasteiger partial charge in [-0.15, -0.1) is 0 Å². The van der Waals surface area contributed by atoms with E-state index in [0.29, 0.717) is 0 Å². The molecule has 13 nitrogen and oxygen atoms in total. The maximum atomic E-state index is 11.9. The highest BCUT2D eigenvalue weighted by atomic mass is 16.6. The number of furan rings is 1. The first-order chi connectivity index (χ1) is 13.0. The van der Waals surface area contributed by atoms with Crippen LogP contribution in [0.2, 0.25) is 0 Å². The first-order valence-electron chi connectivity index (χ1n) is 7.63. The van der Waals surface area contributed by atoms with Crippen molar-refractivity contribution < 1.29 is 23.5 Å². The molecular weight excluding hydrogens is 362 g/mol. The summed E-state index contributed by atoms with van der Waals surface area (Å²) in [5.74, 6) is -1.31. The molecule has 0 saturated heterocycles. The average Bonchev–Trinajstić information content (AvgIpc) is 3.39. The average molecular weight is 375 g/mol. The quantitative estimate of drug-likeness (QED) is 0.311. The predicted molar refractivity (Wildman–Crippen MR) is 85.7 cm³/mol. The van der Waals surface area contributed by atoms with E-state index in [2.05, 4.69) is 25.9 Å². The maximum absolute atomic E-state index is 11.9. The molecule has 0 spiro atoms. The van der Waals surface area contributed by atoms with Gasteiger partial charge in [-0.25, -0.2) is 0 Å². The van der Waals surface area contributed by atoms with Gasteiger partial charge in [0.2, 0.25) is 0 Å². The minimum atomic E-state index is -0.629. The van der Waals surface area contributed by atoms with Gasteiger partial charge in [-0.2, -0.15) is 9.67 Å². The smallest absolute Gasteiger partial charge is 0.389 e. The Morgan fingerprint density at radius 3 is 2.67 bits per heavy atom. The van der Waals surface area contributed by atoms with E-state index >= 15 is 0 Å². The Labute approximate surface area is 150 Å². The molecule has 140 valence electrons. The van der Waals surface area contributed by atoms with E-state index in [9.17, 15) is 19.7 Å². The van der Waals surface area contributed by atoms with Crippen molar-refractivity contribution in [1.82, 2.24) is 30.6 Å². The molecule has 0 aliphatic carbocycles. The Hall–Kier alpha value is -4.03. The van der Waals surface area contributed by atoms with Crippen LogP contribution in [0.4, 0.5) is 5.82 Å². The van der Waals surface area contributed by atoms with Crippen LogP contribution in [0.3, 0.4) is 0 Å². The number of nitrogens with one attached hydrogen (secondary N) is 2.